The molecular weight excluding hydrogens is 418 g/mol. The van der Waals surface area contributed by atoms with E-state index in [4.69, 9.17) is 0 Å². The van der Waals surface area contributed by atoms with Gasteiger partial charge in [-0.2, -0.15) is 0 Å². The van der Waals surface area contributed by atoms with Crippen LogP contribution in [-0.4, -0.2) is 50.0 Å². The van der Waals surface area contributed by atoms with Gasteiger partial charge in [0.25, 0.3) is 5.91 Å². The molecule has 1 heterocycles. The van der Waals surface area contributed by atoms with Gasteiger partial charge in [0.2, 0.25) is 10.0 Å². The Bertz CT molecular complexity index is 900. The number of halogens is 1. The molecule has 8 heteroatoms. The van der Waals surface area contributed by atoms with Crippen LogP contribution in [-0.2, 0) is 10.0 Å². The number of rotatable bonds is 7. The van der Waals surface area contributed by atoms with Gasteiger partial charge in [-0.1, -0.05) is 28.1 Å². The van der Waals surface area contributed by atoms with Crippen LogP contribution >= 0.6 is 15.9 Å². The normalized spacial score (nSPS) is 11.6. The summed E-state index contributed by atoms with van der Waals surface area (Å²) in [5.41, 5.74) is 2.93. The van der Waals surface area contributed by atoms with E-state index in [0.717, 1.165) is 22.0 Å². The van der Waals surface area contributed by atoms with Gasteiger partial charge in [0.15, 0.2) is 0 Å². The van der Waals surface area contributed by atoms with Gasteiger partial charge in [0, 0.05) is 30.2 Å². The Morgan fingerprint density at radius 2 is 2.00 bits per heavy atom. The summed E-state index contributed by atoms with van der Waals surface area (Å²) >= 11 is 3.44. The molecule has 0 radical (unpaired) electrons. The van der Waals surface area contributed by atoms with E-state index in [2.05, 4.69) is 26.2 Å². The van der Waals surface area contributed by atoms with Crippen molar-refractivity contribution >= 4 is 31.9 Å². The molecule has 1 N–H and O–H groups in total. The minimum absolute atomic E-state index is 0.210. The predicted octanol–water partition coefficient (Wildman–Crippen LogP) is 2.83. The van der Waals surface area contributed by atoms with Gasteiger partial charge >= 0.3 is 0 Å². The number of sulfonamides is 1. The van der Waals surface area contributed by atoms with E-state index in [0.29, 0.717) is 30.8 Å². The lowest BCUT2D eigenvalue weighted by Gasteiger charge is -2.14. The first-order valence-electron chi connectivity index (χ1n) is 8.11. The van der Waals surface area contributed by atoms with Crippen molar-refractivity contribution in [2.24, 2.45) is 0 Å². The van der Waals surface area contributed by atoms with Crippen molar-refractivity contribution in [1.29, 1.82) is 0 Å². The highest BCUT2D eigenvalue weighted by molar-refractivity contribution is 9.10. The molecule has 0 saturated heterocycles. The van der Waals surface area contributed by atoms with Gasteiger partial charge in [0.05, 0.1) is 23.2 Å². The summed E-state index contributed by atoms with van der Waals surface area (Å²) in [4.78, 5) is 16.8. The molecule has 0 spiro atoms. The Morgan fingerprint density at radius 3 is 2.62 bits per heavy atom. The van der Waals surface area contributed by atoms with Gasteiger partial charge in [-0.15, -0.1) is 0 Å². The predicted molar refractivity (Wildman–Crippen MR) is 107 cm³/mol. The van der Waals surface area contributed by atoms with Gasteiger partial charge in [-0.05, 0) is 37.6 Å². The highest BCUT2D eigenvalue weighted by Crippen LogP contribution is 2.22. The van der Waals surface area contributed by atoms with Crippen LogP contribution in [0.2, 0.25) is 0 Å². The van der Waals surface area contributed by atoms with E-state index in [1.165, 1.54) is 11.4 Å². The third kappa shape index (κ3) is 5.62. The number of hydrogen-bond acceptors (Lipinski definition) is 4. The number of hydrogen-bond donors (Lipinski definition) is 1. The van der Waals surface area contributed by atoms with Crippen LogP contribution in [0.5, 0.6) is 0 Å². The number of amides is 1. The molecule has 0 saturated carbocycles. The molecule has 1 aromatic carbocycles. The highest BCUT2D eigenvalue weighted by atomic mass is 79.9. The fourth-order valence-corrected chi connectivity index (χ4v) is 3.23. The number of nitrogens with one attached hydrogen (secondary N) is 1. The summed E-state index contributed by atoms with van der Waals surface area (Å²) < 4.78 is 24.9. The molecule has 1 aromatic heterocycles. The van der Waals surface area contributed by atoms with Crippen molar-refractivity contribution in [3.63, 3.8) is 0 Å². The minimum atomic E-state index is -3.19. The number of nitrogens with zero attached hydrogens (tertiary/aromatic N) is 2. The summed E-state index contributed by atoms with van der Waals surface area (Å²) in [6, 6.07) is 11.4. The fourth-order valence-electron chi connectivity index (χ4n) is 2.37. The second-order valence-electron chi connectivity index (χ2n) is 6.03. The zero-order valence-electron chi connectivity index (χ0n) is 15.0. The van der Waals surface area contributed by atoms with Gasteiger partial charge < -0.3 is 5.32 Å². The van der Waals surface area contributed by atoms with Gasteiger partial charge in [-0.25, -0.2) is 12.7 Å². The number of aromatic nitrogens is 1. The fraction of sp³-hybridized carbons (Fsp3) is 0.333. The number of carbonyl (C=O) groups is 1. The first-order valence-corrected chi connectivity index (χ1v) is 10.8. The molecule has 1 amide bonds. The van der Waals surface area contributed by atoms with Crippen LogP contribution in [0.4, 0.5) is 0 Å². The van der Waals surface area contributed by atoms with E-state index in [9.17, 15) is 13.2 Å². The zero-order valence-corrected chi connectivity index (χ0v) is 17.4. The smallest absolute Gasteiger partial charge is 0.253 e. The van der Waals surface area contributed by atoms with Crippen molar-refractivity contribution in [3.8, 4) is 11.3 Å². The van der Waals surface area contributed by atoms with E-state index in [1.54, 1.807) is 13.0 Å². The number of pyridine rings is 1. The summed E-state index contributed by atoms with van der Waals surface area (Å²) in [5, 5.41) is 2.81. The van der Waals surface area contributed by atoms with E-state index < -0.39 is 10.0 Å². The highest BCUT2D eigenvalue weighted by Gasteiger charge is 2.13. The first kappa shape index (κ1) is 20.5. The first-order chi connectivity index (χ1) is 12.2. The molecule has 26 heavy (non-hydrogen) atoms. The second-order valence-corrected chi connectivity index (χ2v) is 9.04. The van der Waals surface area contributed by atoms with E-state index in [1.807, 2.05) is 30.3 Å². The molecule has 0 aliphatic heterocycles. The SMILES string of the molecule is Cc1nc(-c2cccc(Br)c2)ccc1C(=O)NCCCN(C)S(C)(=O)=O. The molecule has 0 unspecified atom stereocenters. The Hall–Kier alpha value is -1.77. The average molecular weight is 440 g/mol. The number of benzene rings is 1. The summed E-state index contributed by atoms with van der Waals surface area (Å²) in [6.45, 7) is 2.55. The lowest BCUT2D eigenvalue weighted by Crippen LogP contribution is -2.31. The van der Waals surface area contributed by atoms with Crippen LogP contribution in [0.25, 0.3) is 11.3 Å². The molecular formula is C18H22BrN3O3S. The van der Waals surface area contributed by atoms with Crippen LogP contribution in [0.1, 0.15) is 22.5 Å². The molecule has 0 atom stereocenters. The third-order valence-electron chi connectivity index (χ3n) is 3.95. The molecule has 6 nitrogen and oxygen atoms in total. The monoisotopic (exact) mass is 439 g/mol. The Labute approximate surface area is 162 Å². The minimum Gasteiger partial charge on any atom is -0.352 e. The maximum absolute atomic E-state index is 12.3. The van der Waals surface area contributed by atoms with E-state index in [-0.39, 0.29) is 5.91 Å². The molecule has 0 bridgehead atoms. The molecule has 0 aliphatic rings. The van der Waals surface area contributed by atoms with Crippen molar-refractivity contribution in [2.75, 3.05) is 26.4 Å². The molecule has 0 fully saturated rings. The van der Waals surface area contributed by atoms with Crippen molar-refractivity contribution in [3.05, 3.63) is 52.1 Å². The lowest BCUT2D eigenvalue weighted by molar-refractivity contribution is 0.0952. The topological polar surface area (TPSA) is 79.4 Å². The summed E-state index contributed by atoms with van der Waals surface area (Å²) in [6.07, 6.45) is 1.70. The van der Waals surface area contributed by atoms with E-state index >= 15 is 0 Å². The van der Waals surface area contributed by atoms with Crippen molar-refractivity contribution in [2.45, 2.75) is 13.3 Å². The number of aryl methyl sites for hydroxylation is 1. The number of carbonyl (C=O) groups excluding carboxylic acids is 1. The van der Waals surface area contributed by atoms with Crippen LogP contribution < -0.4 is 5.32 Å². The molecule has 140 valence electrons. The van der Waals surface area contributed by atoms with Crippen LogP contribution in [0.15, 0.2) is 40.9 Å². The Balaban J connectivity index is 1.97. The largest absolute Gasteiger partial charge is 0.352 e. The Morgan fingerprint density at radius 1 is 1.27 bits per heavy atom. The maximum Gasteiger partial charge on any atom is 0.253 e. The molecule has 2 rings (SSSR count). The zero-order chi connectivity index (χ0) is 19.3. The lowest BCUT2D eigenvalue weighted by atomic mass is 10.1. The maximum atomic E-state index is 12.3. The van der Waals surface area contributed by atoms with Crippen LogP contribution in [0, 0.1) is 6.92 Å². The third-order valence-corrected chi connectivity index (χ3v) is 5.76. The standard InChI is InChI=1S/C18H22BrN3O3S/c1-13-16(18(23)20-10-5-11-22(2)26(3,24)25)8-9-17(21-13)14-6-4-7-15(19)12-14/h4,6-9,12H,5,10-11H2,1-3H3,(H,20,23). The second kappa shape index (κ2) is 8.75. The quantitative estimate of drug-likeness (QED) is 0.672. The van der Waals surface area contributed by atoms with Crippen molar-refractivity contribution < 1.29 is 13.2 Å². The summed E-state index contributed by atoms with van der Waals surface area (Å²) in [5.74, 6) is -0.210. The van der Waals surface area contributed by atoms with Crippen molar-refractivity contribution in [1.82, 2.24) is 14.6 Å². The van der Waals surface area contributed by atoms with Crippen LogP contribution in [0.3, 0.4) is 0 Å². The van der Waals surface area contributed by atoms with Gasteiger partial charge in [0.1, 0.15) is 0 Å². The molecule has 0 aliphatic carbocycles. The Kier molecular flexibility index (Phi) is 6.91. The average Bonchev–Trinajstić information content (AvgIpc) is 2.57. The van der Waals surface area contributed by atoms with Gasteiger partial charge in [-0.3, -0.25) is 9.78 Å². The summed E-state index contributed by atoms with van der Waals surface area (Å²) in [7, 11) is -1.67. The molecule has 2 aromatic rings.